The van der Waals surface area contributed by atoms with Crippen molar-refractivity contribution in [2.45, 2.75) is 50.6 Å². The van der Waals surface area contributed by atoms with Crippen molar-refractivity contribution < 1.29 is 22.4 Å². The first-order valence-corrected chi connectivity index (χ1v) is 11.0. The molecule has 34 heavy (non-hydrogen) atoms. The fraction of sp³-hybridized carbons (Fsp3) is 0.391. The molecule has 2 unspecified atom stereocenters. The molecule has 3 aromatic rings. The molecule has 1 amide bonds. The predicted molar refractivity (Wildman–Crippen MR) is 117 cm³/mol. The monoisotopic (exact) mass is 474 g/mol. The summed E-state index contributed by atoms with van der Waals surface area (Å²) in [6, 6.07) is 2.24. The Morgan fingerprint density at radius 2 is 1.97 bits per heavy atom. The van der Waals surface area contributed by atoms with Crippen LogP contribution in [0.5, 0.6) is 0 Å². The van der Waals surface area contributed by atoms with Crippen LogP contribution in [0.3, 0.4) is 0 Å². The van der Waals surface area contributed by atoms with Crippen LogP contribution in [0.15, 0.2) is 36.8 Å². The molecule has 0 spiro atoms. The summed E-state index contributed by atoms with van der Waals surface area (Å²) in [6.45, 7) is 1.83. The lowest BCUT2D eigenvalue weighted by Crippen LogP contribution is -2.56. The normalized spacial score (nSPS) is 21.8. The summed E-state index contributed by atoms with van der Waals surface area (Å²) in [5.74, 6) is -4.16. The van der Waals surface area contributed by atoms with E-state index in [2.05, 4.69) is 15.0 Å². The summed E-state index contributed by atoms with van der Waals surface area (Å²) < 4.78 is 57.0. The van der Waals surface area contributed by atoms with Gasteiger partial charge in [-0.2, -0.15) is 4.98 Å². The average Bonchev–Trinajstić information content (AvgIpc) is 3.44. The summed E-state index contributed by atoms with van der Waals surface area (Å²) in [6.07, 6.45) is 4.57. The number of hydrogen-bond donors (Lipinski definition) is 0. The largest absolute Gasteiger partial charge is 0.339 e. The zero-order valence-electron chi connectivity index (χ0n) is 18.6. The Balaban J connectivity index is 1.62. The van der Waals surface area contributed by atoms with Crippen molar-refractivity contribution in [1.29, 1.82) is 0 Å². The molecule has 2 atom stereocenters. The molecular formula is C23H22F4N6O. The Morgan fingerprint density at radius 3 is 2.65 bits per heavy atom. The number of nitrogens with zero attached hydrogens (tertiary/aromatic N) is 6. The number of hydrogen-bond acceptors (Lipinski definition) is 5. The topological polar surface area (TPSA) is 67.2 Å². The van der Waals surface area contributed by atoms with Crippen molar-refractivity contribution in [3.63, 3.8) is 0 Å². The third-order valence-corrected chi connectivity index (χ3v) is 6.49. The molecule has 7 nitrogen and oxygen atoms in total. The van der Waals surface area contributed by atoms with Gasteiger partial charge in [-0.3, -0.25) is 9.36 Å². The molecule has 0 N–H and O–H groups in total. The molecule has 11 heteroatoms. The number of imidazole rings is 1. The van der Waals surface area contributed by atoms with Crippen LogP contribution in [0, 0.1) is 11.6 Å². The minimum atomic E-state index is -2.80. The maximum absolute atomic E-state index is 14.1. The highest BCUT2D eigenvalue weighted by Gasteiger charge is 2.48. The van der Waals surface area contributed by atoms with Crippen molar-refractivity contribution in [3.8, 4) is 17.3 Å². The molecule has 178 valence electrons. The first kappa shape index (κ1) is 22.3. The average molecular weight is 474 g/mol. The van der Waals surface area contributed by atoms with E-state index in [1.54, 1.807) is 18.1 Å². The van der Waals surface area contributed by atoms with Gasteiger partial charge >= 0.3 is 0 Å². The predicted octanol–water partition coefficient (Wildman–Crippen LogP) is 4.36. The minimum Gasteiger partial charge on any atom is -0.339 e. The van der Waals surface area contributed by atoms with Gasteiger partial charge in [0.25, 0.3) is 0 Å². The van der Waals surface area contributed by atoms with Crippen LogP contribution < -0.4 is 9.80 Å². The molecule has 1 aromatic carbocycles. The Bertz CT molecular complexity index is 1260. The maximum atomic E-state index is 14.1. The third-order valence-electron chi connectivity index (χ3n) is 6.49. The van der Waals surface area contributed by atoms with E-state index >= 15 is 0 Å². The Morgan fingerprint density at radius 1 is 1.18 bits per heavy atom. The van der Waals surface area contributed by atoms with Gasteiger partial charge in [-0.1, -0.05) is 6.92 Å². The lowest BCUT2D eigenvalue weighted by atomic mass is 10.0. The van der Waals surface area contributed by atoms with Crippen LogP contribution in [-0.2, 0) is 4.79 Å². The van der Waals surface area contributed by atoms with Gasteiger partial charge in [0.1, 0.15) is 17.6 Å². The van der Waals surface area contributed by atoms with Gasteiger partial charge in [0, 0.05) is 43.9 Å². The second kappa shape index (κ2) is 8.07. The Labute approximate surface area is 193 Å². The molecule has 2 aliphatic rings. The number of aromatic nitrogens is 4. The number of benzene rings is 1. The number of carbonyl (C=O) groups is 1. The minimum absolute atomic E-state index is 0.170. The van der Waals surface area contributed by atoms with Gasteiger partial charge < -0.3 is 9.80 Å². The van der Waals surface area contributed by atoms with Crippen molar-refractivity contribution in [2.24, 2.45) is 0 Å². The Hall–Kier alpha value is -3.50. The Kier molecular flexibility index (Phi) is 5.29. The molecular weight excluding hydrogens is 452 g/mol. The number of carbonyl (C=O) groups excluding carboxylic acids is 1. The first-order valence-electron chi connectivity index (χ1n) is 11.0. The summed E-state index contributed by atoms with van der Waals surface area (Å²) in [4.78, 5) is 29.4. The molecule has 3 heterocycles. The molecule has 1 aliphatic heterocycles. The molecule has 1 saturated carbocycles. The van der Waals surface area contributed by atoms with Gasteiger partial charge in [-0.25, -0.2) is 27.5 Å². The third kappa shape index (κ3) is 3.59. The number of likely N-dealkylation sites (N-methyl/N-ethyl adjacent to an activating group) is 1. The smallest absolute Gasteiger partial charge is 0.250 e. The highest BCUT2D eigenvalue weighted by molar-refractivity contribution is 6.04. The number of fused-ring (bicyclic) bond motifs is 1. The quantitative estimate of drug-likeness (QED) is 0.526. The number of amides is 1. The van der Waals surface area contributed by atoms with Crippen molar-refractivity contribution >= 4 is 17.4 Å². The molecule has 0 saturated heterocycles. The van der Waals surface area contributed by atoms with E-state index in [0.717, 1.165) is 12.1 Å². The van der Waals surface area contributed by atoms with Crippen molar-refractivity contribution in [2.75, 3.05) is 16.8 Å². The lowest BCUT2D eigenvalue weighted by molar-refractivity contribution is -0.120. The summed E-state index contributed by atoms with van der Waals surface area (Å²) in [5.41, 5.74) is 0.736. The first-order chi connectivity index (χ1) is 16.2. The second-order valence-electron chi connectivity index (χ2n) is 8.61. The van der Waals surface area contributed by atoms with E-state index in [1.165, 1.54) is 27.9 Å². The summed E-state index contributed by atoms with van der Waals surface area (Å²) >= 11 is 0. The van der Waals surface area contributed by atoms with Gasteiger partial charge in [-0.05, 0) is 31.0 Å². The zero-order valence-corrected chi connectivity index (χ0v) is 18.6. The summed E-state index contributed by atoms with van der Waals surface area (Å²) in [7, 11) is 1.61. The van der Waals surface area contributed by atoms with Gasteiger partial charge in [0.05, 0.1) is 6.20 Å². The van der Waals surface area contributed by atoms with Gasteiger partial charge in [-0.15, -0.1) is 0 Å². The van der Waals surface area contributed by atoms with Crippen LogP contribution >= 0.6 is 0 Å². The van der Waals surface area contributed by atoms with E-state index in [9.17, 15) is 22.4 Å². The van der Waals surface area contributed by atoms with Crippen LogP contribution in [0.2, 0.25) is 0 Å². The zero-order chi connectivity index (χ0) is 24.2. The summed E-state index contributed by atoms with van der Waals surface area (Å²) in [5, 5.41) is 0. The SMILES string of the molecule is CCC1C(=O)N(C)c2cnc(-n3ccnc3-c3ccc(F)c(F)c3)nc2N1C1CCC(F)(F)C1. The number of anilines is 2. The molecule has 5 rings (SSSR count). The van der Waals surface area contributed by atoms with Crippen molar-refractivity contribution in [1.82, 2.24) is 19.5 Å². The molecule has 0 radical (unpaired) electrons. The van der Waals surface area contributed by atoms with Crippen LogP contribution in [0.25, 0.3) is 17.3 Å². The van der Waals surface area contributed by atoms with Crippen LogP contribution in [0.4, 0.5) is 29.1 Å². The number of halogens is 4. The standard InChI is InChI=1S/C23H22F4N6O/c1-3-17-21(34)31(2)18-12-29-22(30-20(18)33(17)14-6-7-23(26,27)11-14)32-9-8-28-19(32)13-4-5-15(24)16(25)10-13/h4-5,8-10,12,14,17H,3,6-7,11H2,1-2H3. The van der Waals surface area contributed by atoms with E-state index in [1.807, 2.05) is 6.92 Å². The van der Waals surface area contributed by atoms with Gasteiger partial charge in [0.2, 0.25) is 17.8 Å². The van der Waals surface area contributed by atoms with E-state index < -0.39 is 29.6 Å². The van der Waals surface area contributed by atoms with Crippen LogP contribution in [0.1, 0.15) is 32.6 Å². The van der Waals surface area contributed by atoms with Crippen molar-refractivity contribution in [3.05, 3.63) is 48.4 Å². The number of rotatable bonds is 4. The molecule has 2 aromatic heterocycles. The van der Waals surface area contributed by atoms with E-state index in [-0.39, 0.29) is 36.9 Å². The van der Waals surface area contributed by atoms with E-state index in [0.29, 0.717) is 23.5 Å². The highest BCUT2D eigenvalue weighted by atomic mass is 19.3. The fourth-order valence-corrected chi connectivity index (χ4v) is 4.79. The highest BCUT2D eigenvalue weighted by Crippen LogP contribution is 2.44. The maximum Gasteiger partial charge on any atom is 0.250 e. The fourth-order valence-electron chi connectivity index (χ4n) is 4.79. The van der Waals surface area contributed by atoms with E-state index in [4.69, 9.17) is 0 Å². The molecule has 1 aliphatic carbocycles. The van der Waals surface area contributed by atoms with Crippen LogP contribution in [-0.4, -0.2) is 50.5 Å². The lowest BCUT2D eigenvalue weighted by Gasteiger charge is -2.43. The number of alkyl halides is 2. The second-order valence-corrected chi connectivity index (χ2v) is 8.61. The molecule has 1 fully saturated rings. The van der Waals surface area contributed by atoms with Gasteiger partial charge in [0.15, 0.2) is 17.5 Å². The molecule has 0 bridgehead atoms.